The quantitative estimate of drug-likeness (QED) is 0.432. The molecule has 1 aliphatic heterocycles. The summed E-state index contributed by atoms with van der Waals surface area (Å²) >= 11 is 0. The van der Waals surface area contributed by atoms with E-state index in [-0.39, 0.29) is 19.1 Å². The molecule has 1 fully saturated rings. The Morgan fingerprint density at radius 1 is 1.37 bits per heavy atom. The van der Waals surface area contributed by atoms with Crippen LogP contribution in [0.15, 0.2) is 36.5 Å². The van der Waals surface area contributed by atoms with Crippen LogP contribution in [0.4, 0.5) is 4.79 Å². The number of carboxylic acid groups (broad SMARTS) is 1. The van der Waals surface area contributed by atoms with Gasteiger partial charge < -0.3 is 9.84 Å². The van der Waals surface area contributed by atoms with Crippen molar-refractivity contribution in [3.63, 3.8) is 0 Å². The van der Waals surface area contributed by atoms with Crippen molar-refractivity contribution in [3.8, 4) is 0 Å². The first-order valence-electron chi connectivity index (χ1n) is 9.70. The van der Waals surface area contributed by atoms with Gasteiger partial charge >= 0.3 is 12.1 Å². The molecule has 27 heavy (non-hydrogen) atoms. The van der Waals surface area contributed by atoms with E-state index in [2.05, 4.69) is 12.7 Å². The molecule has 0 unspecified atom stereocenters. The van der Waals surface area contributed by atoms with E-state index in [0.29, 0.717) is 12.8 Å². The number of hydrogen-bond acceptors (Lipinski definition) is 4. The van der Waals surface area contributed by atoms with Gasteiger partial charge in [0.1, 0.15) is 6.61 Å². The summed E-state index contributed by atoms with van der Waals surface area (Å²) < 4.78 is 5.12. The topological polar surface area (TPSA) is 83.9 Å². The maximum atomic E-state index is 13.0. The molecule has 1 N–H and O–H groups in total. The number of amides is 2. The number of nitrogens with zero attached hydrogens (tertiary/aromatic N) is 1. The molecule has 2 aliphatic rings. The zero-order chi connectivity index (χ0) is 19.6. The number of aliphatic carboxylic acids is 1. The Morgan fingerprint density at radius 2 is 2.19 bits per heavy atom. The molecule has 1 aliphatic carbocycles. The van der Waals surface area contributed by atoms with E-state index in [1.807, 2.05) is 18.2 Å². The standard InChI is InChI=1S/C21H29NO5/c1-2-3-4-5-9-12-17(14-19(23)24)20(25)22-18(15-27-21(22)26)13-16-10-7-6-8-11-16/h2,6-7,10,17-18H,1,3-5,8-9,11-15H2,(H,23,24)/t17-,18+/m1/s1. The Hall–Kier alpha value is -2.37. The zero-order valence-corrected chi connectivity index (χ0v) is 15.8. The van der Waals surface area contributed by atoms with Gasteiger partial charge in [0.05, 0.1) is 12.5 Å². The van der Waals surface area contributed by atoms with Crippen LogP contribution in [0.1, 0.15) is 57.8 Å². The third kappa shape index (κ3) is 6.38. The minimum Gasteiger partial charge on any atom is -0.481 e. The first-order valence-corrected chi connectivity index (χ1v) is 9.70. The molecule has 0 bridgehead atoms. The zero-order valence-electron chi connectivity index (χ0n) is 15.8. The van der Waals surface area contributed by atoms with Crippen molar-refractivity contribution < 1.29 is 24.2 Å². The lowest BCUT2D eigenvalue weighted by Crippen LogP contribution is -2.43. The van der Waals surface area contributed by atoms with E-state index < -0.39 is 23.9 Å². The molecule has 2 amide bonds. The van der Waals surface area contributed by atoms with Crippen molar-refractivity contribution in [3.05, 3.63) is 36.5 Å². The van der Waals surface area contributed by atoms with Crippen LogP contribution in [0.3, 0.4) is 0 Å². The van der Waals surface area contributed by atoms with Gasteiger partial charge in [-0.25, -0.2) is 9.69 Å². The molecule has 1 saturated heterocycles. The van der Waals surface area contributed by atoms with Crippen LogP contribution < -0.4 is 0 Å². The minimum absolute atomic E-state index is 0.171. The van der Waals surface area contributed by atoms with Crippen LogP contribution >= 0.6 is 0 Å². The highest BCUT2D eigenvalue weighted by Gasteiger charge is 2.41. The third-order valence-electron chi connectivity index (χ3n) is 5.03. The lowest BCUT2D eigenvalue weighted by Gasteiger charge is -2.25. The molecular formula is C21H29NO5. The van der Waals surface area contributed by atoms with E-state index in [0.717, 1.165) is 43.4 Å². The third-order valence-corrected chi connectivity index (χ3v) is 5.03. The summed E-state index contributed by atoms with van der Waals surface area (Å²) in [6, 6.07) is -0.347. The molecule has 1 heterocycles. The monoisotopic (exact) mass is 375 g/mol. The van der Waals surface area contributed by atoms with E-state index in [1.165, 1.54) is 5.57 Å². The Kier molecular flexibility index (Phi) is 8.30. The van der Waals surface area contributed by atoms with Crippen molar-refractivity contribution >= 4 is 18.0 Å². The smallest absolute Gasteiger partial charge is 0.416 e. The molecular weight excluding hydrogens is 346 g/mol. The van der Waals surface area contributed by atoms with Gasteiger partial charge in [0.15, 0.2) is 0 Å². The molecule has 0 aromatic heterocycles. The van der Waals surface area contributed by atoms with Crippen LogP contribution in [0.25, 0.3) is 0 Å². The van der Waals surface area contributed by atoms with Crippen LogP contribution in [0, 0.1) is 5.92 Å². The van der Waals surface area contributed by atoms with Gasteiger partial charge in [0.25, 0.3) is 0 Å². The Balaban J connectivity index is 2.01. The number of rotatable bonds is 11. The minimum atomic E-state index is -1.02. The van der Waals surface area contributed by atoms with E-state index in [4.69, 9.17) is 4.74 Å². The van der Waals surface area contributed by atoms with Crippen LogP contribution in [0.2, 0.25) is 0 Å². The summed E-state index contributed by atoms with van der Waals surface area (Å²) in [4.78, 5) is 37.5. The number of cyclic esters (lactones) is 1. The van der Waals surface area contributed by atoms with Gasteiger partial charge in [-0.3, -0.25) is 9.59 Å². The highest BCUT2D eigenvalue weighted by Crippen LogP contribution is 2.27. The highest BCUT2D eigenvalue weighted by atomic mass is 16.6. The molecule has 0 aromatic carbocycles. The van der Waals surface area contributed by atoms with Crippen molar-refractivity contribution in [1.82, 2.24) is 4.90 Å². The predicted molar refractivity (Wildman–Crippen MR) is 102 cm³/mol. The van der Waals surface area contributed by atoms with Crippen molar-refractivity contribution in [1.29, 1.82) is 0 Å². The second kappa shape index (κ2) is 10.7. The Labute approximate surface area is 160 Å². The summed E-state index contributed by atoms with van der Waals surface area (Å²) in [7, 11) is 0. The molecule has 0 spiro atoms. The van der Waals surface area contributed by atoms with Gasteiger partial charge in [0, 0.05) is 5.92 Å². The average molecular weight is 375 g/mol. The maximum Gasteiger partial charge on any atom is 0.416 e. The number of hydrogen-bond donors (Lipinski definition) is 1. The molecule has 0 radical (unpaired) electrons. The number of allylic oxidation sites excluding steroid dienone is 4. The number of carbonyl (C=O) groups is 3. The SMILES string of the molecule is C=CCCCCC[C@H](CC(=O)O)C(=O)N1C(=O)OC[C@@H]1CC1=CC=CCC1. The summed E-state index contributed by atoms with van der Waals surface area (Å²) in [5, 5.41) is 9.19. The number of ether oxygens (including phenoxy) is 1. The lowest BCUT2D eigenvalue weighted by molar-refractivity contribution is -0.144. The summed E-state index contributed by atoms with van der Waals surface area (Å²) in [6.45, 7) is 3.85. The van der Waals surface area contributed by atoms with Crippen molar-refractivity contribution in [2.24, 2.45) is 5.92 Å². The molecule has 0 aromatic rings. The first-order chi connectivity index (χ1) is 13.0. The highest BCUT2D eigenvalue weighted by molar-refractivity contribution is 5.96. The molecule has 0 saturated carbocycles. The molecule has 148 valence electrons. The first kappa shape index (κ1) is 20.9. The van der Waals surface area contributed by atoms with Gasteiger partial charge in [-0.1, -0.05) is 42.7 Å². The molecule has 2 atom stereocenters. The average Bonchev–Trinajstić information content (AvgIpc) is 3.00. The molecule has 2 rings (SSSR count). The normalized spacial score (nSPS) is 20.1. The van der Waals surface area contributed by atoms with E-state index in [1.54, 1.807) is 0 Å². The fourth-order valence-corrected chi connectivity index (χ4v) is 3.58. The molecule has 6 heteroatoms. The van der Waals surface area contributed by atoms with Gasteiger partial charge in [-0.15, -0.1) is 6.58 Å². The van der Waals surface area contributed by atoms with Gasteiger partial charge in [-0.2, -0.15) is 0 Å². The number of unbranched alkanes of at least 4 members (excludes halogenated alkanes) is 3. The van der Waals surface area contributed by atoms with E-state index >= 15 is 0 Å². The Morgan fingerprint density at radius 3 is 2.85 bits per heavy atom. The predicted octanol–water partition coefficient (Wildman–Crippen LogP) is 4.23. The van der Waals surface area contributed by atoms with E-state index in [9.17, 15) is 19.5 Å². The lowest BCUT2D eigenvalue weighted by atomic mass is 9.94. The number of imide groups is 1. The number of carboxylic acids is 1. The van der Waals surface area contributed by atoms with Crippen LogP contribution in [-0.4, -0.2) is 40.6 Å². The Bertz CT molecular complexity index is 622. The fourth-order valence-electron chi connectivity index (χ4n) is 3.58. The van der Waals surface area contributed by atoms with Crippen LogP contribution in [-0.2, 0) is 14.3 Å². The van der Waals surface area contributed by atoms with Gasteiger partial charge in [-0.05, 0) is 38.5 Å². The van der Waals surface area contributed by atoms with Crippen molar-refractivity contribution in [2.75, 3.05) is 6.61 Å². The molecule has 6 nitrogen and oxygen atoms in total. The van der Waals surface area contributed by atoms with Crippen LogP contribution in [0.5, 0.6) is 0 Å². The maximum absolute atomic E-state index is 13.0. The van der Waals surface area contributed by atoms with Crippen molar-refractivity contribution in [2.45, 2.75) is 63.8 Å². The summed E-state index contributed by atoms with van der Waals surface area (Å²) in [6.07, 6.45) is 13.4. The van der Waals surface area contributed by atoms with Gasteiger partial charge in [0.2, 0.25) is 5.91 Å². The summed E-state index contributed by atoms with van der Waals surface area (Å²) in [5.74, 6) is -2.14. The number of carbonyl (C=O) groups excluding carboxylic acids is 2. The largest absolute Gasteiger partial charge is 0.481 e. The fraction of sp³-hybridized carbons (Fsp3) is 0.571. The second-order valence-corrected chi connectivity index (χ2v) is 7.16. The second-order valence-electron chi connectivity index (χ2n) is 7.16. The summed E-state index contributed by atoms with van der Waals surface area (Å²) in [5.41, 5.74) is 1.18.